The van der Waals surface area contributed by atoms with Gasteiger partial charge in [0.1, 0.15) is 0 Å². The van der Waals surface area contributed by atoms with Crippen molar-refractivity contribution >= 4 is 6.47 Å². The molecule has 0 amide bonds. The molecule has 0 unspecified atom stereocenters. The van der Waals surface area contributed by atoms with Gasteiger partial charge in [-0.05, 0) is 16.5 Å². The Balaban J connectivity index is 0.000000583. The number of hydrogen-bond acceptors (Lipinski definition) is 2. The molecule has 0 saturated heterocycles. The van der Waals surface area contributed by atoms with Crippen LogP contribution in [0.5, 0.6) is 0 Å². The molecule has 1 aromatic rings. The molecule has 0 heterocycles. The zero-order valence-corrected chi connectivity index (χ0v) is 9.40. The van der Waals surface area contributed by atoms with E-state index in [1.165, 1.54) is 5.56 Å². The van der Waals surface area contributed by atoms with Crippen molar-refractivity contribution in [3.8, 4) is 0 Å². The summed E-state index contributed by atoms with van der Waals surface area (Å²) in [6.07, 6.45) is 0. The Morgan fingerprint density at radius 1 is 1.20 bits per heavy atom. The van der Waals surface area contributed by atoms with Crippen LogP contribution < -0.4 is 0 Å². The van der Waals surface area contributed by atoms with E-state index < -0.39 is 0 Å². The van der Waals surface area contributed by atoms with Crippen LogP contribution in [0.25, 0.3) is 0 Å². The van der Waals surface area contributed by atoms with E-state index in [1.807, 2.05) is 12.1 Å². The van der Waals surface area contributed by atoms with Gasteiger partial charge in [-0.1, -0.05) is 45.0 Å². The highest BCUT2D eigenvalue weighted by Crippen LogP contribution is 2.21. The Hall–Kier alpha value is -1.35. The molecule has 0 aliphatic heterocycles. The van der Waals surface area contributed by atoms with Gasteiger partial charge in [0.15, 0.2) is 0 Å². The van der Waals surface area contributed by atoms with Crippen LogP contribution in [0.4, 0.5) is 0 Å². The molecule has 0 radical (unpaired) electrons. The number of carboxylic acid groups (broad SMARTS) is 1. The number of carbonyl (C=O) groups is 1. The Morgan fingerprint density at radius 2 is 1.60 bits per heavy atom. The van der Waals surface area contributed by atoms with Crippen molar-refractivity contribution in [2.75, 3.05) is 0 Å². The van der Waals surface area contributed by atoms with Gasteiger partial charge in [0.05, 0.1) is 6.61 Å². The topological polar surface area (TPSA) is 57.5 Å². The number of hydrogen-bond donors (Lipinski definition) is 2. The summed E-state index contributed by atoms with van der Waals surface area (Å²) in [7, 11) is 0. The van der Waals surface area contributed by atoms with Crippen molar-refractivity contribution in [1.29, 1.82) is 0 Å². The van der Waals surface area contributed by atoms with Gasteiger partial charge in [0.25, 0.3) is 6.47 Å². The molecule has 3 heteroatoms. The largest absolute Gasteiger partial charge is 0.483 e. The van der Waals surface area contributed by atoms with Crippen molar-refractivity contribution < 1.29 is 15.0 Å². The average molecular weight is 210 g/mol. The summed E-state index contributed by atoms with van der Waals surface area (Å²) >= 11 is 0. The molecule has 0 aliphatic rings. The Bertz CT molecular complexity index is 283. The zero-order chi connectivity index (χ0) is 11.9. The molecule has 0 aliphatic carbocycles. The van der Waals surface area contributed by atoms with Gasteiger partial charge in [-0.2, -0.15) is 0 Å². The van der Waals surface area contributed by atoms with E-state index in [9.17, 15) is 0 Å². The van der Waals surface area contributed by atoms with Crippen LogP contribution in [0, 0.1) is 0 Å². The fraction of sp³-hybridized carbons (Fsp3) is 0.417. The van der Waals surface area contributed by atoms with Crippen molar-refractivity contribution in [1.82, 2.24) is 0 Å². The lowest BCUT2D eigenvalue weighted by Gasteiger charge is -2.18. The highest BCUT2D eigenvalue weighted by molar-refractivity contribution is 5.32. The molecule has 0 aromatic heterocycles. The minimum Gasteiger partial charge on any atom is -0.483 e. The summed E-state index contributed by atoms with van der Waals surface area (Å²) in [4.78, 5) is 8.36. The van der Waals surface area contributed by atoms with Gasteiger partial charge >= 0.3 is 0 Å². The van der Waals surface area contributed by atoms with Crippen LogP contribution in [0.15, 0.2) is 24.3 Å². The van der Waals surface area contributed by atoms with Gasteiger partial charge in [0.2, 0.25) is 0 Å². The van der Waals surface area contributed by atoms with Gasteiger partial charge in [-0.25, -0.2) is 0 Å². The number of benzene rings is 1. The van der Waals surface area contributed by atoms with Crippen LogP contribution in [0.3, 0.4) is 0 Å². The molecule has 15 heavy (non-hydrogen) atoms. The Morgan fingerprint density at radius 3 is 1.87 bits per heavy atom. The maximum absolute atomic E-state index is 8.83. The van der Waals surface area contributed by atoms with Crippen LogP contribution in [0.2, 0.25) is 0 Å². The van der Waals surface area contributed by atoms with Crippen LogP contribution in [0.1, 0.15) is 31.9 Å². The van der Waals surface area contributed by atoms with E-state index in [1.54, 1.807) is 0 Å². The second-order valence-electron chi connectivity index (χ2n) is 4.21. The zero-order valence-electron chi connectivity index (χ0n) is 9.40. The maximum Gasteiger partial charge on any atom is 0.290 e. The fourth-order valence-electron chi connectivity index (χ4n) is 1.11. The number of rotatable bonds is 1. The SMILES string of the molecule is CC(C)(C)c1ccc(CO)cc1.O=CO. The lowest BCUT2D eigenvalue weighted by molar-refractivity contribution is -0.122. The van der Waals surface area contributed by atoms with E-state index in [-0.39, 0.29) is 18.5 Å². The van der Waals surface area contributed by atoms with E-state index in [2.05, 4.69) is 32.9 Å². The molecule has 2 N–H and O–H groups in total. The quantitative estimate of drug-likeness (QED) is 0.698. The Kier molecular flexibility index (Phi) is 5.64. The first kappa shape index (κ1) is 13.7. The van der Waals surface area contributed by atoms with Crippen molar-refractivity contribution in [3.05, 3.63) is 35.4 Å². The highest BCUT2D eigenvalue weighted by Gasteiger charge is 2.12. The standard InChI is InChI=1S/C11H16O.CH2O2/c1-11(2,3)10-6-4-9(8-12)5-7-10;2-1-3/h4-7,12H,8H2,1-3H3;1H,(H,2,3). The molecule has 1 rings (SSSR count). The first-order valence-electron chi connectivity index (χ1n) is 4.74. The number of aliphatic hydroxyl groups excluding tert-OH is 1. The second-order valence-corrected chi connectivity index (χ2v) is 4.21. The molecule has 3 nitrogen and oxygen atoms in total. The normalized spacial score (nSPS) is 10.1. The van der Waals surface area contributed by atoms with Crippen LogP contribution in [-0.4, -0.2) is 16.7 Å². The third kappa shape index (κ3) is 5.18. The summed E-state index contributed by atoms with van der Waals surface area (Å²) in [5, 5.41) is 15.7. The van der Waals surface area contributed by atoms with E-state index in [0.29, 0.717) is 0 Å². The summed E-state index contributed by atoms with van der Waals surface area (Å²) < 4.78 is 0. The van der Waals surface area contributed by atoms with Gasteiger partial charge in [0, 0.05) is 0 Å². The third-order valence-corrected chi connectivity index (χ3v) is 2.00. The highest BCUT2D eigenvalue weighted by atomic mass is 16.3. The molecular weight excluding hydrogens is 192 g/mol. The van der Waals surface area contributed by atoms with Crippen molar-refractivity contribution in [2.45, 2.75) is 32.8 Å². The van der Waals surface area contributed by atoms with Crippen LogP contribution >= 0.6 is 0 Å². The van der Waals surface area contributed by atoms with E-state index in [0.717, 1.165) is 5.56 Å². The predicted molar refractivity (Wildman–Crippen MR) is 59.8 cm³/mol. The first-order valence-corrected chi connectivity index (χ1v) is 4.74. The second kappa shape index (κ2) is 6.19. The van der Waals surface area contributed by atoms with Gasteiger partial charge < -0.3 is 10.2 Å². The van der Waals surface area contributed by atoms with E-state index >= 15 is 0 Å². The van der Waals surface area contributed by atoms with Crippen molar-refractivity contribution in [2.24, 2.45) is 0 Å². The van der Waals surface area contributed by atoms with Crippen LogP contribution in [-0.2, 0) is 16.8 Å². The first-order chi connectivity index (χ1) is 6.95. The summed E-state index contributed by atoms with van der Waals surface area (Å²) in [6.45, 7) is 6.42. The molecule has 1 aromatic carbocycles. The smallest absolute Gasteiger partial charge is 0.290 e. The average Bonchev–Trinajstić information content (AvgIpc) is 2.18. The monoisotopic (exact) mass is 210 g/mol. The lowest BCUT2D eigenvalue weighted by Crippen LogP contribution is -2.10. The number of aliphatic hydroxyl groups is 1. The molecule has 0 atom stereocenters. The molecule has 0 fully saturated rings. The Labute approximate surface area is 90.4 Å². The van der Waals surface area contributed by atoms with Crippen molar-refractivity contribution in [3.63, 3.8) is 0 Å². The van der Waals surface area contributed by atoms with E-state index in [4.69, 9.17) is 15.0 Å². The molecule has 0 spiro atoms. The molecule has 0 bridgehead atoms. The predicted octanol–water partition coefficient (Wildman–Crippen LogP) is 2.18. The maximum atomic E-state index is 8.83. The molecular formula is C12H18O3. The minimum atomic E-state index is -0.250. The van der Waals surface area contributed by atoms with Gasteiger partial charge in [-0.3, -0.25) is 4.79 Å². The molecule has 0 saturated carbocycles. The summed E-state index contributed by atoms with van der Waals surface area (Å²) in [5.41, 5.74) is 2.48. The third-order valence-electron chi connectivity index (χ3n) is 2.00. The minimum absolute atomic E-state index is 0.129. The molecule has 84 valence electrons. The summed E-state index contributed by atoms with van der Waals surface area (Å²) in [5.74, 6) is 0. The van der Waals surface area contributed by atoms with Gasteiger partial charge in [-0.15, -0.1) is 0 Å². The lowest BCUT2D eigenvalue weighted by atomic mass is 9.87. The fourth-order valence-corrected chi connectivity index (χ4v) is 1.11. The summed E-state index contributed by atoms with van der Waals surface area (Å²) in [6, 6.07) is 8.10.